The predicted octanol–water partition coefficient (Wildman–Crippen LogP) is 2.29. The van der Waals surface area contributed by atoms with Gasteiger partial charge < -0.3 is 4.74 Å². The van der Waals surface area contributed by atoms with Crippen LogP contribution in [0.3, 0.4) is 0 Å². The first-order chi connectivity index (χ1) is 12.9. The summed E-state index contributed by atoms with van der Waals surface area (Å²) in [4.78, 5) is 0.404. The molecule has 1 atom stereocenters. The lowest BCUT2D eigenvalue weighted by Crippen LogP contribution is -2.38. The van der Waals surface area contributed by atoms with Crippen molar-refractivity contribution in [3.63, 3.8) is 0 Å². The molecule has 1 N–H and O–H groups in total. The van der Waals surface area contributed by atoms with E-state index in [1.165, 1.54) is 0 Å². The standard InChI is InChI=1S/C19H21NO5S2/c21-26(22,16-4-2-1-3-5-16)18-9-7-14-6-8-15(25-19(14)12-18)13-20-27(23,24)17-10-11-17/h1-5,7,9,12,15,17,20H,6,8,10-11,13H2/t15-/m1/s1. The first kappa shape index (κ1) is 18.5. The SMILES string of the molecule is O=S(=O)(c1ccccc1)c1ccc2c(c1)O[C@@H](CNS(=O)(=O)C1CC1)CC2. The lowest BCUT2D eigenvalue weighted by molar-refractivity contribution is 0.176. The van der Waals surface area contributed by atoms with Crippen molar-refractivity contribution in [2.75, 3.05) is 6.54 Å². The molecular formula is C19H21NO5S2. The van der Waals surface area contributed by atoms with Crippen molar-refractivity contribution in [2.45, 2.75) is 46.8 Å². The van der Waals surface area contributed by atoms with Gasteiger partial charge in [-0.05, 0) is 55.5 Å². The Hall–Kier alpha value is -1.90. The van der Waals surface area contributed by atoms with Crippen LogP contribution in [-0.4, -0.2) is 34.7 Å². The molecule has 2 aromatic carbocycles. The van der Waals surface area contributed by atoms with Crippen LogP contribution in [0.2, 0.25) is 0 Å². The van der Waals surface area contributed by atoms with Crippen molar-refractivity contribution >= 4 is 19.9 Å². The maximum Gasteiger partial charge on any atom is 0.214 e. The van der Waals surface area contributed by atoms with E-state index < -0.39 is 19.9 Å². The van der Waals surface area contributed by atoms with Crippen LogP contribution in [0.5, 0.6) is 5.75 Å². The number of ether oxygens (including phenoxy) is 1. The van der Waals surface area contributed by atoms with Crippen LogP contribution in [0.1, 0.15) is 24.8 Å². The van der Waals surface area contributed by atoms with Gasteiger partial charge in [0.15, 0.2) is 0 Å². The second kappa shape index (κ2) is 6.92. The Kier molecular flexibility index (Phi) is 4.73. The van der Waals surface area contributed by atoms with E-state index in [2.05, 4.69) is 4.72 Å². The molecule has 0 unspecified atom stereocenters. The monoisotopic (exact) mass is 407 g/mol. The van der Waals surface area contributed by atoms with Crippen LogP contribution < -0.4 is 9.46 Å². The maximum absolute atomic E-state index is 12.8. The normalized spacial score (nSPS) is 19.9. The molecule has 0 saturated heterocycles. The fraction of sp³-hybridized carbons (Fsp3) is 0.368. The Balaban J connectivity index is 1.52. The number of rotatable bonds is 6. The van der Waals surface area contributed by atoms with E-state index in [1.54, 1.807) is 48.5 Å². The van der Waals surface area contributed by atoms with E-state index in [4.69, 9.17) is 4.74 Å². The van der Waals surface area contributed by atoms with Crippen molar-refractivity contribution in [1.29, 1.82) is 0 Å². The first-order valence-corrected chi connectivity index (χ1v) is 12.0. The molecule has 6 nitrogen and oxygen atoms in total. The van der Waals surface area contributed by atoms with Crippen LogP contribution >= 0.6 is 0 Å². The lowest BCUT2D eigenvalue weighted by atomic mass is 10.0. The summed E-state index contributed by atoms with van der Waals surface area (Å²) >= 11 is 0. The Morgan fingerprint density at radius 2 is 1.67 bits per heavy atom. The molecule has 2 aromatic rings. The molecule has 0 radical (unpaired) electrons. The average Bonchev–Trinajstić information content (AvgIpc) is 3.52. The maximum atomic E-state index is 12.8. The summed E-state index contributed by atoms with van der Waals surface area (Å²) in [5.74, 6) is 0.508. The fourth-order valence-corrected chi connectivity index (χ4v) is 5.87. The molecule has 1 aliphatic carbocycles. The van der Waals surface area contributed by atoms with Crippen molar-refractivity contribution in [2.24, 2.45) is 0 Å². The van der Waals surface area contributed by atoms with E-state index in [-0.39, 0.29) is 27.7 Å². The van der Waals surface area contributed by atoms with Crippen molar-refractivity contribution in [1.82, 2.24) is 4.72 Å². The summed E-state index contributed by atoms with van der Waals surface area (Å²) in [7, 11) is -6.88. The number of sulfone groups is 1. The Morgan fingerprint density at radius 1 is 0.926 bits per heavy atom. The quantitative estimate of drug-likeness (QED) is 0.794. The van der Waals surface area contributed by atoms with E-state index in [9.17, 15) is 16.8 Å². The smallest absolute Gasteiger partial charge is 0.214 e. The fourth-order valence-electron chi connectivity index (χ4n) is 3.16. The highest BCUT2D eigenvalue weighted by atomic mass is 32.2. The number of hydrogen-bond acceptors (Lipinski definition) is 5. The summed E-state index contributed by atoms with van der Waals surface area (Å²) in [6, 6.07) is 13.2. The predicted molar refractivity (Wildman–Crippen MR) is 101 cm³/mol. The Labute approximate surface area is 159 Å². The van der Waals surface area contributed by atoms with Crippen LogP contribution in [0.15, 0.2) is 58.3 Å². The van der Waals surface area contributed by atoms with Crippen molar-refractivity contribution < 1.29 is 21.6 Å². The summed E-state index contributed by atoms with van der Waals surface area (Å²) in [5.41, 5.74) is 0.934. The van der Waals surface area contributed by atoms with E-state index in [0.717, 1.165) is 12.0 Å². The summed E-state index contributed by atoms with van der Waals surface area (Å²) in [6.07, 6.45) is 2.53. The van der Waals surface area contributed by atoms with Gasteiger partial charge >= 0.3 is 0 Å². The highest BCUT2D eigenvalue weighted by Crippen LogP contribution is 2.32. The summed E-state index contributed by atoms with van der Waals surface area (Å²) in [6.45, 7) is 0.202. The largest absolute Gasteiger partial charge is 0.489 e. The Morgan fingerprint density at radius 3 is 2.37 bits per heavy atom. The average molecular weight is 408 g/mol. The minimum absolute atomic E-state index is 0.173. The second-order valence-corrected chi connectivity index (χ2v) is 11.0. The minimum Gasteiger partial charge on any atom is -0.489 e. The third-order valence-electron chi connectivity index (χ3n) is 4.91. The second-order valence-electron chi connectivity index (χ2n) is 6.96. The first-order valence-electron chi connectivity index (χ1n) is 8.94. The molecule has 1 fully saturated rings. The molecule has 144 valence electrons. The van der Waals surface area contributed by atoms with Gasteiger partial charge in [0.25, 0.3) is 0 Å². The van der Waals surface area contributed by atoms with Crippen LogP contribution in [0.4, 0.5) is 0 Å². The Bertz CT molecular complexity index is 1040. The highest BCUT2D eigenvalue weighted by molar-refractivity contribution is 7.91. The van der Waals surface area contributed by atoms with Gasteiger partial charge in [-0.15, -0.1) is 0 Å². The van der Waals surface area contributed by atoms with Crippen molar-refractivity contribution in [3.8, 4) is 5.75 Å². The molecule has 1 heterocycles. The van der Waals surface area contributed by atoms with Gasteiger partial charge in [0.2, 0.25) is 19.9 Å². The van der Waals surface area contributed by atoms with Gasteiger partial charge in [0.1, 0.15) is 11.9 Å². The van der Waals surface area contributed by atoms with E-state index >= 15 is 0 Å². The van der Waals surface area contributed by atoms with Gasteiger partial charge in [-0.3, -0.25) is 0 Å². The third-order valence-corrected chi connectivity index (χ3v) is 8.59. The van der Waals surface area contributed by atoms with Gasteiger partial charge in [-0.25, -0.2) is 21.6 Å². The molecule has 27 heavy (non-hydrogen) atoms. The molecule has 8 heteroatoms. The zero-order valence-corrected chi connectivity index (χ0v) is 16.3. The summed E-state index contributed by atoms with van der Waals surface area (Å²) in [5, 5.41) is -0.268. The highest BCUT2D eigenvalue weighted by Gasteiger charge is 2.36. The van der Waals surface area contributed by atoms with E-state index in [1.807, 2.05) is 0 Å². The summed E-state index contributed by atoms with van der Waals surface area (Å²) < 4.78 is 58.1. The molecule has 4 rings (SSSR count). The molecule has 0 aromatic heterocycles. The number of fused-ring (bicyclic) bond motifs is 1. The van der Waals surface area contributed by atoms with E-state index in [0.29, 0.717) is 25.0 Å². The number of aryl methyl sites for hydroxylation is 1. The third kappa shape index (κ3) is 3.88. The lowest BCUT2D eigenvalue weighted by Gasteiger charge is -2.26. The van der Waals surface area contributed by atoms with Gasteiger partial charge in [-0.2, -0.15) is 0 Å². The molecule has 2 aliphatic rings. The molecule has 1 aliphatic heterocycles. The number of nitrogens with one attached hydrogen (secondary N) is 1. The van der Waals surface area contributed by atoms with Crippen LogP contribution in [0, 0.1) is 0 Å². The number of benzene rings is 2. The molecule has 0 amide bonds. The minimum atomic E-state index is -3.62. The zero-order valence-electron chi connectivity index (χ0n) is 14.7. The molecule has 0 spiro atoms. The number of sulfonamides is 1. The van der Waals surface area contributed by atoms with Crippen molar-refractivity contribution in [3.05, 3.63) is 54.1 Å². The zero-order chi connectivity index (χ0) is 19.1. The van der Waals surface area contributed by atoms with Gasteiger partial charge in [0.05, 0.1) is 15.0 Å². The van der Waals surface area contributed by atoms with Crippen LogP contribution in [-0.2, 0) is 26.3 Å². The molecule has 1 saturated carbocycles. The van der Waals surface area contributed by atoms with Crippen LogP contribution in [0.25, 0.3) is 0 Å². The number of hydrogen-bond donors (Lipinski definition) is 1. The van der Waals surface area contributed by atoms with Gasteiger partial charge in [0, 0.05) is 6.54 Å². The topological polar surface area (TPSA) is 89.5 Å². The van der Waals surface area contributed by atoms with Gasteiger partial charge in [-0.1, -0.05) is 24.3 Å². The molecule has 0 bridgehead atoms. The molecular weight excluding hydrogens is 386 g/mol.